The first-order valence-corrected chi connectivity index (χ1v) is 8.16. The molecule has 22 heavy (non-hydrogen) atoms. The molecule has 0 unspecified atom stereocenters. The zero-order chi connectivity index (χ0) is 15.5. The van der Waals surface area contributed by atoms with Gasteiger partial charge in [-0.15, -0.1) is 0 Å². The van der Waals surface area contributed by atoms with E-state index < -0.39 is 0 Å². The molecule has 0 atom stereocenters. The third-order valence-electron chi connectivity index (χ3n) is 3.66. The number of hydrogen-bond donors (Lipinski definition) is 0. The average molecular weight is 359 g/mol. The molecule has 0 saturated heterocycles. The Morgan fingerprint density at radius 2 is 2.00 bits per heavy atom. The molecule has 0 amide bonds. The molecular weight excluding hydrogens is 340 g/mol. The van der Waals surface area contributed by atoms with Crippen molar-refractivity contribution < 1.29 is 0 Å². The van der Waals surface area contributed by atoms with Gasteiger partial charge in [0.1, 0.15) is 5.69 Å². The number of fused-ring (bicyclic) bond motifs is 1. The molecule has 2 heterocycles. The third-order valence-corrected chi connectivity index (χ3v) is 4.35. The van der Waals surface area contributed by atoms with Crippen molar-refractivity contribution in [2.24, 2.45) is 0 Å². The smallest absolute Gasteiger partial charge is 0.103 e. The summed E-state index contributed by atoms with van der Waals surface area (Å²) in [5.41, 5.74) is 3.23. The zero-order valence-electron chi connectivity index (χ0n) is 12.8. The van der Waals surface area contributed by atoms with Crippen molar-refractivity contribution in [1.29, 1.82) is 0 Å². The standard InChI is InChI=1S/C17H19BrN4/c1-21(2)10-5-11-22-16-8-9-19-12-14(16)17(20-22)13-6-3-4-7-15(13)18/h3-4,6-9,12H,5,10-11H2,1-2H3. The number of hydrogen-bond acceptors (Lipinski definition) is 3. The molecule has 114 valence electrons. The molecule has 1 aromatic carbocycles. The maximum absolute atomic E-state index is 4.85. The number of halogens is 1. The monoisotopic (exact) mass is 358 g/mol. The molecule has 3 aromatic rings. The summed E-state index contributed by atoms with van der Waals surface area (Å²) >= 11 is 3.62. The van der Waals surface area contributed by atoms with Crippen molar-refractivity contribution in [2.75, 3.05) is 20.6 Å². The van der Waals surface area contributed by atoms with Crippen LogP contribution in [0.5, 0.6) is 0 Å². The van der Waals surface area contributed by atoms with Crippen LogP contribution in [-0.2, 0) is 6.54 Å². The fourth-order valence-electron chi connectivity index (χ4n) is 2.58. The van der Waals surface area contributed by atoms with Crippen molar-refractivity contribution in [3.05, 3.63) is 47.2 Å². The first-order chi connectivity index (χ1) is 10.7. The van der Waals surface area contributed by atoms with Gasteiger partial charge in [0.2, 0.25) is 0 Å². The van der Waals surface area contributed by atoms with Gasteiger partial charge in [-0.05, 0) is 39.2 Å². The molecule has 0 spiro atoms. The quantitative estimate of drug-likeness (QED) is 0.695. The van der Waals surface area contributed by atoms with Gasteiger partial charge in [-0.3, -0.25) is 9.67 Å². The summed E-state index contributed by atoms with van der Waals surface area (Å²) in [4.78, 5) is 6.47. The Bertz CT molecular complexity index is 779. The number of aromatic nitrogens is 3. The Morgan fingerprint density at radius 3 is 2.77 bits per heavy atom. The lowest BCUT2D eigenvalue weighted by atomic mass is 10.1. The number of rotatable bonds is 5. The lowest BCUT2D eigenvalue weighted by molar-refractivity contribution is 0.383. The molecule has 4 nitrogen and oxygen atoms in total. The average Bonchev–Trinajstić information content (AvgIpc) is 2.87. The van der Waals surface area contributed by atoms with E-state index in [2.05, 4.69) is 50.7 Å². The van der Waals surface area contributed by atoms with E-state index in [1.807, 2.05) is 36.7 Å². The molecule has 0 aliphatic heterocycles. The maximum atomic E-state index is 4.85. The Morgan fingerprint density at radius 1 is 1.18 bits per heavy atom. The lowest BCUT2D eigenvalue weighted by Crippen LogP contribution is -2.15. The van der Waals surface area contributed by atoms with E-state index in [1.165, 1.54) is 0 Å². The van der Waals surface area contributed by atoms with E-state index in [9.17, 15) is 0 Å². The molecule has 2 aromatic heterocycles. The number of aryl methyl sites for hydroxylation is 1. The van der Waals surface area contributed by atoms with Crippen LogP contribution in [0.15, 0.2) is 47.2 Å². The molecule has 0 bridgehead atoms. The van der Waals surface area contributed by atoms with Gasteiger partial charge in [-0.25, -0.2) is 0 Å². The van der Waals surface area contributed by atoms with Crippen molar-refractivity contribution >= 4 is 26.8 Å². The highest BCUT2D eigenvalue weighted by Gasteiger charge is 2.14. The largest absolute Gasteiger partial charge is 0.309 e. The van der Waals surface area contributed by atoms with Crippen molar-refractivity contribution in [3.8, 4) is 11.3 Å². The molecule has 0 saturated carbocycles. The van der Waals surface area contributed by atoms with Gasteiger partial charge in [0.15, 0.2) is 0 Å². The highest BCUT2D eigenvalue weighted by atomic mass is 79.9. The molecule has 5 heteroatoms. The first kappa shape index (κ1) is 15.2. The molecule has 0 fully saturated rings. The number of pyridine rings is 1. The molecule has 3 rings (SSSR count). The maximum Gasteiger partial charge on any atom is 0.103 e. The summed E-state index contributed by atoms with van der Waals surface area (Å²) < 4.78 is 3.15. The molecule has 0 N–H and O–H groups in total. The zero-order valence-corrected chi connectivity index (χ0v) is 14.4. The topological polar surface area (TPSA) is 34.0 Å². The fraction of sp³-hybridized carbons (Fsp3) is 0.294. The Hall–Kier alpha value is -1.72. The second-order valence-electron chi connectivity index (χ2n) is 5.60. The van der Waals surface area contributed by atoms with Gasteiger partial charge in [-0.2, -0.15) is 5.10 Å². The van der Waals surface area contributed by atoms with Gasteiger partial charge in [0, 0.05) is 34.4 Å². The van der Waals surface area contributed by atoms with Crippen molar-refractivity contribution in [2.45, 2.75) is 13.0 Å². The van der Waals surface area contributed by atoms with Gasteiger partial charge in [-0.1, -0.05) is 34.1 Å². The van der Waals surface area contributed by atoms with Crippen LogP contribution in [0.25, 0.3) is 22.2 Å². The lowest BCUT2D eigenvalue weighted by Gasteiger charge is -2.09. The molecule has 0 aliphatic rings. The van der Waals surface area contributed by atoms with Crippen molar-refractivity contribution in [3.63, 3.8) is 0 Å². The summed E-state index contributed by atoms with van der Waals surface area (Å²) in [6, 6.07) is 10.2. The highest BCUT2D eigenvalue weighted by molar-refractivity contribution is 9.10. The minimum atomic E-state index is 0.906. The predicted molar refractivity (Wildman–Crippen MR) is 93.8 cm³/mol. The van der Waals surface area contributed by atoms with Gasteiger partial charge >= 0.3 is 0 Å². The third kappa shape index (κ3) is 3.05. The predicted octanol–water partition coefficient (Wildman–Crippen LogP) is 3.81. The molecular formula is C17H19BrN4. The summed E-state index contributed by atoms with van der Waals surface area (Å²) in [7, 11) is 4.19. The molecule has 0 radical (unpaired) electrons. The van der Waals surface area contributed by atoms with Crippen LogP contribution >= 0.6 is 15.9 Å². The molecule has 0 aliphatic carbocycles. The van der Waals surface area contributed by atoms with Crippen LogP contribution in [0.3, 0.4) is 0 Å². The van der Waals surface area contributed by atoms with Crippen LogP contribution in [0.4, 0.5) is 0 Å². The van der Waals surface area contributed by atoms with Crippen molar-refractivity contribution in [1.82, 2.24) is 19.7 Å². The summed E-state index contributed by atoms with van der Waals surface area (Å²) in [6.07, 6.45) is 4.80. The van der Waals surface area contributed by atoms with Gasteiger partial charge in [0.25, 0.3) is 0 Å². The Kier molecular flexibility index (Phi) is 4.55. The fourth-order valence-corrected chi connectivity index (χ4v) is 3.06. The van der Waals surface area contributed by atoms with Crippen LogP contribution < -0.4 is 0 Å². The van der Waals surface area contributed by atoms with Crippen LogP contribution in [0.2, 0.25) is 0 Å². The summed E-state index contributed by atoms with van der Waals surface area (Å²) in [5.74, 6) is 0. The SMILES string of the molecule is CN(C)CCCn1nc(-c2ccccc2Br)c2cnccc21. The first-order valence-electron chi connectivity index (χ1n) is 7.37. The van der Waals surface area contributed by atoms with Crippen LogP contribution in [0, 0.1) is 0 Å². The van der Waals surface area contributed by atoms with E-state index in [-0.39, 0.29) is 0 Å². The number of nitrogens with zero attached hydrogens (tertiary/aromatic N) is 4. The second kappa shape index (κ2) is 6.58. The van der Waals surface area contributed by atoms with E-state index in [0.717, 1.165) is 46.1 Å². The minimum absolute atomic E-state index is 0.906. The van der Waals surface area contributed by atoms with Crippen LogP contribution in [-0.4, -0.2) is 40.3 Å². The summed E-state index contributed by atoms with van der Waals surface area (Å²) in [5, 5.41) is 5.94. The number of benzene rings is 1. The Labute approximate surface area is 138 Å². The van der Waals surface area contributed by atoms with E-state index >= 15 is 0 Å². The van der Waals surface area contributed by atoms with E-state index in [0.29, 0.717) is 0 Å². The van der Waals surface area contributed by atoms with E-state index in [4.69, 9.17) is 5.10 Å². The van der Waals surface area contributed by atoms with Crippen LogP contribution in [0.1, 0.15) is 6.42 Å². The second-order valence-corrected chi connectivity index (χ2v) is 6.46. The highest BCUT2D eigenvalue weighted by Crippen LogP contribution is 2.32. The van der Waals surface area contributed by atoms with Gasteiger partial charge < -0.3 is 4.90 Å². The summed E-state index contributed by atoms with van der Waals surface area (Å²) in [6.45, 7) is 1.96. The minimum Gasteiger partial charge on any atom is -0.309 e. The Balaban J connectivity index is 2.03. The normalized spacial score (nSPS) is 11.5. The van der Waals surface area contributed by atoms with Gasteiger partial charge in [0.05, 0.1) is 5.52 Å². The van der Waals surface area contributed by atoms with E-state index in [1.54, 1.807) is 0 Å².